The van der Waals surface area contributed by atoms with Crippen LogP contribution in [0.4, 0.5) is 5.82 Å². The zero-order chi connectivity index (χ0) is 13.8. The van der Waals surface area contributed by atoms with Gasteiger partial charge in [-0.1, -0.05) is 23.7 Å². The normalized spacial score (nSPS) is 12.0. The Balaban J connectivity index is 2.13. The molecule has 0 spiro atoms. The number of hydrogen-bond donors (Lipinski definition) is 1. The molecule has 0 amide bonds. The van der Waals surface area contributed by atoms with Gasteiger partial charge in [0.2, 0.25) is 0 Å². The van der Waals surface area contributed by atoms with E-state index in [1.807, 2.05) is 30.3 Å². The van der Waals surface area contributed by atoms with Crippen LogP contribution in [0.2, 0.25) is 5.02 Å². The lowest BCUT2D eigenvalue weighted by Crippen LogP contribution is -2.08. The maximum absolute atomic E-state index is 5.87. The molecule has 3 nitrogen and oxygen atoms in total. The second-order valence-electron chi connectivity index (χ2n) is 4.12. The first-order valence-corrected chi connectivity index (χ1v) is 6.99. The number of halogens is 2. The molecule has 5 heteroatoms. The van der Waals surface area contributed by atoms with Gasteiger partial charge in [-0.05, 0) is 46.6 Å². The third-order valence-corrected chi connectivity index (χ3v) is 3.59. The van der Waals surface area contributed by atoms with Crippen LogP contribution in [0.1, 0.15) is 18.5 Å². The zero-order valence-corrected chi connectivity index (χ0v) is 13.0. The molecular formula is C14H14BrClN2O. The van der Waals surface area contributed by atoms with Crippen molar-refractivity contribution in [2.24, 2.45) is 0 Å². The summed E-state index contributed by atoms with van der Waals surface area (Å²) in [6.45, 7) is 2.07. The monoisotopic (exact) mass is 340 g/mol. The van der Waals surface area contributed by atoms with Gasteiger partial charge in [-0.15, -0.1) is 0 Å². The molecule has 1 N–H and O–H groups in total. The number of benzene rings is 1. The molecule has 1 atom stereocenters. The van der Waals surface area contributed by atoms with E-state index >= 15 is 0 Å². The first-order valence-electron chi connectivity index (χ1n) is 5.81. The average molecular weight is 342 g/mol. The minimum absolute atomic E-state index is 0.135. The van der Waals surface area contributed by atoms with E-state index in [-0.39, 0.29) is 6.04 Å². The van der Waals surface area contributed by atoms with Gasteiger partial charge < -0.3 is 10.1 Å². The van der Waals surface area contributed by atoms with Crippen molar-refractivity contribution in [1.29, 1.82) is 0 Å². The van der Waals surface area contributed by atoms with E-state index in [0.717, 1.165) is 21.6 Å². The van der Waals surface area contributed by atoms with Crippen LogP contribution in [0.25, 0.3) is 0 Å². The Morgan fingerprint density at radius 2 is 2.00 bits per heavy atom. The predicted molar refractivity (Wildman–Crippen MR) is 82.0 cm³/mol. The summed E-state index contributed by atoms with van der Waals surface area (Å²) in [6.07, 6.45) is 1.62. The largest absolute Gasteiger partial charge is 0.497 e. The average Bonchev–Trinajstić information content (AvgIpc) is 2.42. The molecule has 1 unspecified atom stereocenters. The quantitative estimate of drug-likeness (QED) is 0.877. The topological polar surface area (TPSA) is 34.1 Å². The van der Waals surface area contributed by atoms with Crippen molar-refractivity contribution in [1.82, 2.24) is 4.98 Å². The SMILES string of the molecule is COc1ccc(C(C)Nc2ncc(Cl)cc2Br)cc1. The molecule has 0 saturated carbocycles. The van der Waals surface area contributed by atoms with E-state index in [0.29, 0.717) is 5.02 Å². The lowest BCUT2D eigenvalue weighted by molar-refractivity contribution is 0.414. The standard InChI is InChI=1S/C14H14BrClN2O/c1-9(10-3-5-12(19-2)6-4-10)18-14-13(15)7-11(16)8-17-14/h3-9H,1-2H3,(H,17,18). The Morgan fingerprint density at radius 3 is 2.58 bits per heavy atom. The molecule has 19 heavy (non-hydrogen) atoms. The number of ether oxygens (including phenoxy) is 1. The fraction of sp³-hybridized carbons (Fsp3) is 0.214. The second kappa shape index (κ2) is 6.26. The second-order valence-corrected chi connectivity index (χ2v) is 5.41. The molecule has 2 aromatic rings. The summed E-state index contributed by atoms with van der Waals surface area (Å²) in [4.78, 5) is 4.26. The molecule has 1 aromatic carbocycles. The summed E-state index contributed by atoms with van der Waals surface area (Å²) in [6, 6.07) is 9.89. The van der Waals surface area contributed by atoms with E-state index in [9.17, 15) is 0 Å². The number of pyridine rings is 1. The summed E-state index contributed by atoms with van der Waals surface area (Å²) in [5, 5.41) is 3.94. The summed E-state index contributed by atoms with van der Waals surface area (Å²) < 4.78 is 5.99. The number of aromatic nitrogens is 1. The molecule has 0 saturated heterocycles. The van der Waals surface area contributed by atoms with Gasteiger partial charge in [0.05, 0.1) is 16.6 Å². The van der Waals surface area contributed by atoms with Crippen molar-refractivity contribution in [2.45, 2.75) is 13.0 Å². The van der Waals surface area contributed by atoms with Gasteiger partial charge in [0, 0.05) is 12.2 Å². The molecule has 0 radical (unpaired) electrons. The Kier molecular flexibility index (Phi) is 4.66. The minimum atomic E-state index is 0.135. The molecule has 100 valence electrons. The molecular weight excluding hydrogens is 328 g/mol. The molecule has 2 rings (SSSR count). The zero-order valence-electron chi connectivity index (χ0n) is 10.7. The van der Waals surface area contributed by atoms with Gasteiger partial charge in [0.25, 0.3) is 0 Å². The van der Waals surface area contributed by atoms with Crippen LogP contribution in [0.3, 0.4) is 0 Å². The van der Waals surface area contributed by atoms with Crippen molar-refractivity contribution in [3.05, 3.63) is 51.6 Å². The van der Waals surface area contributed by atoms with Crippen LogP contribution in [0, 0.1) is 0 Å². The van der Waals surface area contributed by atoms with Crippen molar-refractivity contribution in [2.75, 3.05) is 12.4 Å². The summed E-state index contributed by atoms with van der Waals surface area (Å²) in [5.74, 6) is 1.62. The van der Waals surface area contributed by atoms with E-state index < -0.39 is 0 Å². The van der Waals surface area contributed by atoms with Crippen LogP contribution in [-0.4, -0.2) is 12.1 Å². The lowest BCUT2D eigenvalue weighted by Gasteiger charge is -2.16. The molecule has 0 aliphatic rings. The maximum atomic E-state index is 5.87. The van der Waals surface area contributed by atoms with Gasteiger partial charge in [0.15, 0.2) is 0 Å². The molecule has 1 heterocycles. The van der Waals surface area contributed by atoms with Gasteiger partial charge in [-0.3, -0.25) is 0 Å². The molecule has 0 bridgehead atoms. The van der Waals surface area contributed by atoms with Crippen LogP contribution in [0.15, 0.2) is 41.0 Å². The van der Waals surface area contributed by atoms with Crippen LogP contribution in [0.5, 0.6) is 5.75 Å². The first kappa shape index (κ1) is 14.2. The van der Waals surface area contributed by atoms with Crippen LogP contribution >= 0.6 is 27.5 Å². The van der Waals surface area contributed by atoms with E-state index in [1.165, 1.54) is 0 Å². The van der Waals surface area contributed by atoms with E-state index in [1.54, 1.807) is 13.3 Å². The number of anilines is 1. The third kappa shape index (κ3) is 3.61. The van der Waals surface area contributed by atoms with Gasteiger partial charge in [0.1, 0.15) is 11.6 Å². The predicted octanol–water partition coefficient (Wildman–Crippen LogP) is 4.68. The van der Waals surface area contributed by atoms with Crippen molar-refractivity contribution < 1.29 is 4.74 Å². The summed E-state index contributed by atoms with van der Waals surface area (Å²) in [5.41, 5.74) is 1.16. The fourth-order valence-electron chi connectivity index (χ4n) is 1.70. The highest BCUT2D eigenvalue weighted by Crippen LogP contribution is 2.27. The lowest BCUT2D eigenvalue weighted by atomic mass is 10.1. The van der Waals surface area contributed by atoms with Crippen LogP contribution < -0.4 is 10.1 Å². The van der Waals surface area contributed by atoms with Crippen molar-refractivity contribution in [3.63, 3.8) is 0 Å². The Labute approximate surface area is 126 Å². The number of rotatable bonds is 4. The summed E-state index contributed by atoms with van der Waals surface area (Å²) in [7, 11) is 1.66. The number of nitrogens with one attached hydrogen (secondary N) is 1. The van der Waals surface area contributed by atoms with E-state index in [4.69, 9.17) is 16.3 Å². The smallest absolute Gasteiger partial charge is 0.140 e. The van der Waals surface area contributed by atoms with E-state index in [2.05, 4.69) is 33.2 Å². The molecule has 0 aliphatic carbocycles. The Morgan fingerprint density at radius 1 is 1.32 bits per heavy atom. The highest BCUT2D eigenvalue weighted by atomic mass is 79.9. The van der Waals surface area contributed by atoms with Gasteiger partial charge in [-0.2, -0.15) is 0 Å². The minimum Gasteiger partial charge on any atom is -0.497 e. The Bertz CT molecular complexity index is 560. The highest BCUT2D eigenvalue weighted by molar-refractivity contribution is 9.10. The van der Waals surface area contributed by atoms with Crippen molar-refractivity contribution in [3.8, 4) is 5.75 Å². The van der Waals surface area contributed by atoms with Crippen molar-refractivity contribution >= 4 is 33.3 Å². The molecule has 1 aromatic heterocycles. The molecule has 0 aliphatic heterocycles. The maximum Gasteiger partial charge on any atom is 0.140 e. The number of nitrogens with zero attached hydrogens (tertiary/aromatic N) is 1. The van der Waals surface area contributed by atoms with Gasteiger partial charge in [-0.25, -0.2) is 4.98 Å². The van der Waals surface area contributed by atoms with Gasteiger partial charge >= 0.3 is 0 Å². The number of methoxy groups -OCH3 is 1. The number of hydrogen-bond acceptors (Lipinski definition) is 3. The molecule has 0 fully saturated rings. The summed E-state index contributed by atoms with van der Waals surface area (Å²) >= 11 is 9.31. The highest BCUT2D eigenvalue weighted by Gasteiger charge is 2.09. The first-order chi connectivity index (χ1) is 9.10. The Hall–Kier alpha value is -1.26. The fourth-order valence-corrected chi connectivity index (χ4v) is 2.45. The van der Waals surface area contributed by atoms with Crippen LogP contribution in [-0.2, 0) is 0 Å². The third-order valence-electron chi connectivity index (χ3n) is 2.78.